The van der Waals surface area contributed by atoms with Crippen molar-refractivity contribution < 1.29 is 14.3 Å². The van der Waals surface area contributed by atoms with Gasteiger partial charge in [0.15, 0.2) is 0 Å². The van der Waals surface area contributed by atoms with Gasteiger partial charge in [0.05, 0.1) is 17.6 Å². The molecule has 1 aliphatic heterocycles. The number of ketones is 1. The molecule has 154 valence electrons. The molecule has 0 radical (unpaired) electrons. The average Bonchev–Trinajstić information content (AvgIpc) is 3.42. The lowest BCUT2D eigenvalue weighted by atomic mass is 9.85. The minimum Gasteiger partial charge on any atom is -0.464 e. The second kappa shape index (κ2) is 7.49. The maximum absolute atomic E-state index is 13.5. The summed E-state index contributed by atoms with van der Waals surface area (Å²) in [7, 11) is 1.27. The molecule has 9 heteroatoms. The summed E-state index contributed by atoms with van der Waals surface area (Å²) in [6.45, 7) is 6.40. The Morgan fingerprint density at radius 1 is 1.17 bits per heavy atom. The van der Waals surface area contributed by atoms with Crippen LogP contribution in [0.3, 0.4) is 0 Å². The van der Waals surface area contributed by atoms with Crippen molar-refractivity contribution in [2.75, 3.05) is 12.4 Å². The molecule has 3 aromatic rings. The van der Waals surface area contributed by atoms with Crippen LogP contribution >= 0.6 is 11.3 Å². The van der Waals surface area contributed by atoms with E-state index in [1.807, 2.05) is 29.6 Å². The highest BCUT2D eigenvalue weighted by Crippen LogP contribution is 2.37. The van der Waals surface area contributed by atoms with Crippen molar-refractivity contribution in [3.8, 4) is 0 Å². The number of ether oxygens (including phenoxy) is 1. The van der Waals surface area contributed by atoms with Gasteiger partial charge in [0.2, 0.25) is 11.7 Å². The van der Waals surface area contributed by atoms with Crippen LogP contribution < -0.4 is 5.32 Å². The molecule has 0 amide bonds. The lowest BCUT2D eigenvalue weighted by Gasteiger charge is -2.28. The first-order valence-electron chi connectivity index (χ1n) is 9.37. The molecule has 1 aromatic carbocycles. The van der Waals surface area contributed by atoms with Crippen LogP contribution in [0.5, 0.6) is 0 Å². The monoisotopic (exact) mass is 423 g/mol. The van der Waals surface area contributed by atoms with Crippen LogP contribution in [0.15, 0.2) is 53.0 Å². The van der Waals surface area contributed by atoms with Crippen molar-refractivity contribution in [3.63, 3.8) is 0 Å². The molecule has 30 heavy (non-hydrogen) atoms. The first-order chi connectivity index (χ1) is 14.3. The van der Waals surface area contributed by atoms with Gasteiger partial charge in [0, 0.05) is 0 Å². The van der Waals surface area contributed by atoms with E-state index in [1.54, 1.807) is 12.1 Å². The number of methoxy groups -OCH3 is 1. The molecule has 3 heterocycles. The number of benzene rings is 1. The minimum atomic E-state index is -0.672. The summed E-state index contributed by atoms with van der Waals surface area (Å²) >= 11 is 1.31. The predicted octanol–water partition coefficient (Wildman–Crippen LogP) is 3.36. The molecule has 0 unspecified atom stereocenters. The predicted molar refractivity (Wildman–Crippen MR) is 112 cm³/mol. The molecule has 0 spiro atoms. The lowest BCUT2D eigenvalue weighted by molar-refractivity contribution is -0.136. The second-order valence-electron chi connectivity index (χ2n) is 7.93. The number of allylic oxidation sites excluding steroid dienone is 1. The van der Waals surface area contributed by atoms with E-state index in [2.05, 4.69) is 41.6 Å². The van der Waals surface area contributed by atoms with E-state index in [0.29, 0.717) is 4.88 Å². The van der Waals surface area contributed by atoms with Crippen molar-refractivity contribution in [3.05, 3.63) is 69.1 Å². The van der Waals surface area contributed by atoms with E-state index in [4.69, 9.17) is 4.74 Å². The second-order valence-corrected chi connectivity index (χ2v) is 8.88. The van der Waals surface area contributed by atoms with E-state index in [-0.39, 0.29) is 28.4 Å². The first kappa shape index (κ1) is 20.0. The Morgan fingerprint density at radius 3 is 2.50 bits per heavy atom. The minimum absolute atomic E-state index is 0.0186. The van der Waals surface area contributed by atoms with Crippen LogP contribution in [0.1, 0.15) is 47.6 Å². The van der Waals surface area contributed by atoms with Gasteiger partial charge >= 0.3 is 5.97 Å². The molecular weight excluding hydrogens is 402 g/mol. The first-order valence-corrected chi connectivity index (χ1v) is 10.2. The molecule has 2 aromatic heterocycles. The Balaban J connectivity index is 1.91. The van der Waals surface area contributed by atoms with Gasteiger partial charge < -0.3 is 10.1 Å². The van der Waals surface area contributed by atoms with Gasteiger partial charge in [-0.2, -0.15) is 4.68 Å². The van der Waals surface area contributed by atoms with Crippen LogP contribution in [0.4, 0.5) is 5.95 Å². The maximum atomic E-state index is 13.5. The molecule has 0 fully saturated rings. The number of nitrogens with zero attached hydrogens (tertiary/aromatic N) is 4. The number of hydrogen-bond donors (Lipinski definition) is 1. The zero-order valence-corrected chi connectivity index (χ0v) is 17.9. The number of thiophene rings is 1. The Labute approximate surface area is 177 Å². The summed E-state index contributed by atoms with van der Waals surface area (Å²) < 4.78 is 6.45. The summed E-state index contributed by atoms with van der Waals surface area (Å²) in [6.07, 6.45) is 0. The zero-order valence-electron chi connectivity index (χ0n) is 17.0. The van der Waals surface area contributed by atoms with Gasteiger partial charge in [-0.15, -0.1) is 11.3 Å². The van der Waals surface area contributed by atoms with E-state index >= 15 is 0 Å². The third-order valence-electron chi connectivity index (χ3n) is 4.99. The Hall–Kier alpha value is -3.33. The fraction of sp³-hybridized carbons (Fsp3) is 0.286. The summed E-state index contributed by atoms with van der Waals surface area (Å²) in [6, 6.07) is 10.8. The number of anilines is 1. The van der Waals surface area contributed by atoms with E-state index < -0.39 is 12.0 Å². The Bertz CT molecular complexity index is 1120. The van der Waals surface area contributed by atoms with Gasteiger partial charge in [-0.3, -0.25) is 4.79 Å². The molecule has 1 aliphatic rings. The molecule has 0 bridgehead atoms. The summed E-state index contributed by atoms with van der Waals surface area (Å²) in [5, 5.41) is 16.4. The summed E-state index contributed by atoms with van der Waals surface area (Å²) in [5.41, 5.74) is 2.21. The number of aromatic nitrogens is 4. The van der Waals surface area contributed by atoms with Crippen LogP contribution in [0.2, 0.25) is 0 Å². The topological polar surface area (TPSA) is 99.0 Å². The summed E-state index contributed by atoms with van der Waals surface area (Å²) in [5.74, 6) is -0.660. The van der Waals surface area contributed by atoms with E-state index in [1.165, 1.54) is 23.1 Å². The average molecular weight is 423 g/mol. The molecule has 1 atom stereocenters. The Morgan fingerprint density at radius 2 is 1.90 bits per heavy atom. The largest absolute Gasteiger partial charge is 0.464 e. The standard InChI is InChI=1S/C21H21N5O3S/c1-21(2,3)13-9-7-12(8-10-13)17-15(18(27)14-6-5-11-30-14)16(19(28)29-4)22-20-23-24-25-26(17)20/h5-11,17H,1-4H3,(H,22,23,25)/t17-/m0/s1. The number of rotatable bonds is 4. The van der Waals surface area contributed by atoms with Crippen molar-refractivity contribution in [2.24, 2.45) is 0 Å². The molecular formula is C21H21N5O3S. The van der Waals surface area contributed by atoms with E-state index in [9.17, 15) is 9.59 Å². The number of Topliss-reactive ketones (excluding diaryl/α,β-unsaturated/α-hetero) is 1. The molecule has 0 saturated heterocycles. The fourth-order valence-corrected chi connectivity index (χ4v) is 4.08. The van der Waals surface area contributed by atoms with Crippen molar-refractivity contribution in [1.29, 1.82) is 0 Å². The molecule has 8 nitrogen and oxygen atoms in total. The molecule has 4 rings (SSSR count). The molecule has 1 N–H and O–H groups in total. The van der Waals surface area contributed by atoms with Gasteiger partial charge in [0.1, 0.15) is 11.7 Å². The maximum Gasteiger partial charge on any atom is 0.355 e. The van der Waals surface area contributed by atoms with Crippen LogP contribution in [0, 0.1) is 0 Å². The van der Waals surface area contributed by atoms with Gasteiger partial charge in [-0.25, -0.2) is 4.79 Å². The smallest absolute Gasteiger partial charge is 0.355 e. The molecule has 0 saturated carbocycles. The van der Waals surface area contributed by atoms with Crippen molar-refractivity contribution in [2.45, 2.75) is 32.2 Å². The SMILES string of the molecule is COC(=O)C1=C(C(=O)c2cccs2)[C@H](c2ccc(C(C)(C)C)cc2)n2nnnc2N1. The zero-order chi connectivity index (χ0) is 21.5. The highest BCUT2D eigenvalue weighted by molar-refractivity contribution is 7.12. The van der Waals surface area contributed by atoms with Crippen molar-refractivity contribution in [1.82, 2.24) is 20.2 Å². The van der Waals surface area contributed by atoms with Crippen LogP contribution in [0.25, 0.3) is 0 Å². The number of nitrogens with one attached hydrogen (secondary N) is 1. The number of hydrogen-bond acceptors (Lipinski definition) is 8. The van der Waals surface area contributed by atoms with Crippen molar-refractivity contribution >= 4 is 29.0 Å². The number of carbonyl (C=O) groups is 2. The summed E-state index contributed by atoms with van der Waals surface area (Å²) in [4.78, 5) is 26.5. The van der Waals surface area contributed by atoms with Gasteiger partial charge in [-0.05, 0) is 38.4 Å². The number of tetrazole rings is 1. The number of esters is 1. The third kappa shape index (κ3) is 3.41. The fourth-order valence-electron chi connectivity index (χ4n) is 3.40. The van der Waals surface area contributed by atoms with E-state index in [0.717, 1.165) is 11.1 Å². The highest BCUT2D eigenvalue weighted by Gasteiger charge is 2.38. The normalized spacial score (nSPS) is 16.1. The van der Waals surface area contributed by atoms with Gasteiger partial charge in [0.25, 0.3) is 0 Å². The van der Waals surface area contributed by atoms with Gasteiger partial charge in [-0.1, -0.05) is 56.2 Å². The third-order valence-corrected chi connectivity index (χ3v) is 5.86. The quantitative estimate of drug-likeness (QED) is 0.507. The highest BCUT2D eigenvalue weighted by atomic mass is 32.1. The lowest BCUT2D eigenvalue weighted by Crippen LogP contribution is -2.32. The Kier molecular flexibility index (Phi) is 4.98. The number of carbonyl (C=O) groups excluding carboxylic acids is 2. The number of fused-ring (bicyclic) bond motifs is 1. The van der Waals surface area contributed by atoms with Crippen LogP contribution in [-0.4, -0.2) is 39.1 Å². The molecule has 0 aliphatic carbocycles. The van der Waals surface area contributed by atoms with Crippen LogP contribution in [-0.2, 0) is 14.9 Å².